The lowest BCUT2D eigenvalue weighted by Crippen LogP contribution is -2.06. The smallest absolute Gasteiger partial charge is 0.253 e. The molecule has 0 atom stereocenters. The molecule has 66 valence electrons. The fourth-order valence-electron chi connectivity index (χ4n) is 0.900. The van der Waals surface area contributed by atoms with Crippen molar-refractivity contribution in [3.63, 3.8) is 0 Å². The molecular weight excluding hydrogens is 168 g/mol. The number of nitrogen functional groups attached to an aromatic ring is 1. The molecule has 0 unspecified atom stereocenters. The highest BCUT2D eigenvalue weighted by molar-refractivity contribution is 5.24. The molecule has 0 amide bonds. The molecule has 6 nitrogen and oxygen atoms in total. The molecule has 2 rings (SSSR count). The molecule has 0 saturated carbocycles. The van der Waals surface area contributed by atoms with Crippen LogP contribution in [0.25, 0.3) is 5.95 Å². The minimum Gasteiger partial charge on any atom is -0.368 e. The Morgan fingerprint density at radius 2 is 1.92 bits per heavy atom. The summed E-state index contributed by atoms with van der Waals surface area (Å²) >= 11 is 0. The molecule has 0 aromatic carbocycles. The predicted octanol–water partition coefficient (Wildman–Crippen LogP) is -0.0521. The molecule has 0 radical (unpaired) electrons. The molecule has 2 N–H and O–H groups in total. The van der Waals surface area contributed by atoms with E-state index in [0.29, 0.717) is 5.95 Å². The zero-order valence-corrected chi connectivity index (χ0v) is 7.05. The van der Waals surface area contributed by atoms with Crippen LogP contribution >= 0.6 is 0 Å². The van der Waals surface area contributed by atoms with Gasteiger partial charge >= 0.3 is 0 Å². The second-order valence-electron chi connectivity index (χ2n) is 2.59. The Bertz CT molecular complexity index is 403. The quantitative estimate of drug-likeness (QED) is 0.658. The fraction of sp³-hybridized carbons (Fsp3) is 0.143. The second-order valence-corrected chi connectivity index (χ2v) is 2.59. The number of aromatic nitrogens is 5. The second kappa shape index (κ2) is 2.81. The lowest BCUT2D eigenvalue weighted by molar-refractivity contribution is 0.813. The third-order valence-electron chi connectivity index (χ3n) is 1.53. The van der Waals surface area contributed by atoms with Gasteiger partial charge in [0.1, 0.15) is 6.33 Å². The lowest BCUT2D eigenvalue weighted by Gasteiger charge is -1.99. The van der Waals surface area contributed by atoms with E-state index < -0.39 is 0 Å². The Hall–Kier alpha value is -1.98. The number of aryl methyl sites for hydroxylation is 1. The van der Waals surface area contributed by atoms with Crippen molar-refractivity contribution in [1.82, 2.24) is 24.7 Å². The minimum atomic E-state index is 0.281. The molecule has 0 aliphatic heterocycles. The fourth-order valence-corrected chi connectivity index (χ4v) is 0.900. The van der Waals surface area contributed by atoms with Crippen LogP contribution in [-0.2, 0) is 0 Å². The first-order valence-corrected chi connectivity index (χ1v) is 3.72. The Labute approximate surface area is 74.5 Å². The van der Waals surface area contributed by atoms with Crippen molar-refractivity contribution in [1.29, 1.82) is 0 Å². The Morgan fingerprint density at radius 1 is 1.23 bits per heavy atom. The van der Waals surface area contributed by atoms with Gasteiger partial charge in [-0.1, -0.05) is 0 Å². The Balaban J connectivity index is 2.47. The maximum atomic E-state index is 5.52. The van der Waals surface area contributed by atoms with Crippen molar-refractivity contribution >= 4 is 5.95 Å². The van der Waals surface area contributed by atoms with Gasteiger partial charge in [0.05, 0.1) is 0 Å². The molecule has 6 heteroatoms. The summed E-state index contributed by atoms with van der Waals surface area (Å²) < 4.78 is 1.37. The maximum Gasteiger partial charge on any atom is 0.253 e. The summed E-state index contributed by atoms with van der Waals surface area (Å²) in [7, 11) is 0. The molecule has 0 aliphatic carbocycles. The molecular formula is C7H8N6. The zero-order valence-electron chi connectivity index (χ0n) is 7.05. The summed E-state index contributed by atoms with van der Waals surface area (Å²) in [6.07, 6.45) is 4.76. The predicted molar refractivity (Wildman–Crippen MR) is 46.1 cm³/mol. The van der Waals surface area contributed by atoms with Gasteiger partial charge in [0.15, 0.2) is 0 Å². The van der Waals surface area contributed by atoms with E-state index in [-0.39, 0.29) is 5.95 Å². The number of hydrogen-bond donors (Lipinski definition) is 1. The van der Waals surface area contributed by atoms with Gasteiger partial charge in [-0.25, -0.2) is 9.97 Å². The standard InChI is InChI=1S/C7H8N6/c1-5-2-9-7(10-3-5)13-6(8)11-4-12-13/h2-4H,1H3,(H2,8,11,12). The Morgan fingerprint density at radius 3 is 2.46 bits per heavy atom. The molecule has 2 aromatic rings. The average molecular weight is 176 g/mol. The number of rotatable bonds is 1. The van der Waals surface area contributed by atoms with Crippen LogP contribution in [0, 0.1) is 6.92 Å². The summed E-state index contributed by atoms with van der Waals surface area (Å²) in [6.45, 7) is 1.91. The molecule has 2 heterocycles. The van der Waals surface area contributed by atoms with Gasteiger partial charge < -0.3 is 5.73 Å². The third-order valence-corrected chi connectivity index (χ3v) is 1.53. The summed E-state index contributed by atoms with van der Waals surface area (Å²) in [6, 6.07) is 0. The zero-order chi connectivity index (χ0) is 9.26. The van der Waals surface area contributed by atoms with Gasteiger partial charge in [0.2, 0.25) is 5.95 Å². The van der Waals surface area contributed by atoms with E-state index in [1.54, 1.807) is 12.4 Å². The van der Waals surface area contributed by atoms with Crippen LogP contribution in [0.15, 0.2) is 18.7 Å². The van der Waals surface area contributed by atoms with Gasteiger partial charge in [-0.05, 0) is 12.5 Å². The highest BCUT2D eigenvalue weighted by Gasteiger charge is 2.03. The largest absolute Gasteiger partial charge is 0.368 e. The van der Waals surface area contributed by atoms with Gasteiger partial charge in [0.25, 0.3) is 5.95 Å². The van der Waals surface area contributed by atoms with Crippen molar-refractivity contribution in [3.05, 3.63) is 24.3 Å². The molecule has 0 spiro atoms. The molecule has 2 aromatic heterocycles. The summed E-state index contributed by atoms with van der Waals surface area (Å²) in [5.41, 5.74) is 6.51. The topological polar surface area (TPSA) is 82.5 Å². The van der Waals surface area contributed by atoms with E-state index in [1.165, 1.54) is 11.0 Å². The van der Waals surface area contributed by atoms with Crippen molar-refractivity contribution in [3.8, 4) is 5.95 Å². The first kappa shape index (κ1) is 7.66. The summed E-state index contributed by atoms with van der Waals surface area (Å²) in [5.74, 6) is 0.712. The van der Waals surface area contributed by atoms with E-state index >= 15 is 0 Å². The third kappa shape index (κ3) is 1.33. The van der Waals surface area contributed by atoms with Gasteiger partial charge in [-0.15, -0.1) is 0 Å². The highest BCUT2D eigenvalue weighted by atomic mass is 15.4. The van der Waals surface area contributed by atoms with E-state index in [9.17, 15) is 0 Å². The summed E-state index contributed by atoms with van der Waals surface area (Å²) in [4.78, 5) is 11.9. The van der Waals surface area contributed by atoms with Crippen molar-refractivity contribution < 1.29 is 0 Å². The van der Waals surface area contributed by atoms with Crippen molar-refractivity contribution in [2.75, 3.05) is 5.73 Å². The number of anilines is 1. The maximum absolute atomic E-state index is 5.52. The van der Waals surface area contributed by atoms with E-state index in [4.69, 9.17) is 5.73 Å². The highest BCUT2D eigenvalue weighted by Crippen LogP contribution is 2.02. The number of nitrogens with two attached hydrogens (primary N) is 1. The van der Waals surface area contributed by atoms with Crippen LogP contribution < -0.4 is 5.73 Å². The number of nitrogens with zero attached hydrogens (tertiary/aromatic N) is 5. The molecule has 0 bridgehead atoms. The first-order valence-electron chi connectivity index (χ1n) is 3.72. The molecule has 0 aliphatic rings. The first-order chi connectivity index (χ1) is 6.27. The van der Waals surface area contributed by atoms with Gasteiger partial charge in [-0.3, -0.25) is 0 Å². The molecule has 13 heavy (non-hydrogen) atoms. The normalized spacial score (nSPS) is 10.2. The molecule has 0 saturated heterocycles. The van der Waals surface area contributed by atoms with Gasteiger partial charge in [0, 0.05) is 12.4 Å². The van der Waals surface area contributed by atoms with E-state index in [2.05, 4.69) is 20.1 Å². The van der Waals surface area contributed by atoms with Crippen LogP contribution in [0.2, 0.25) is 0 Å². The SMILES string of the molecule is Cc1cnc(-n2ncnc2N)nc1. The Kier molecular flexibility index (Phi) is 1.66. The monoisotopic (exact) mass is 176 g/mol. The minimum absolute atomic E-state index is 0.281. The van der Waals surface area contributed by atoms with Gasteiger partial charge in [-0.2, -0.15) is 14.8 Å². The van der Waals surface area contributed by atoms with E-state index in [1.807, 2.05) is 6.92 Å². The van der Waals surface area contributed by atoms with Crippen LogP contribution in [0.4, 0.5) is 5.95 Å². The van der Waals surface area contributed by atoms with E-state index in [0.717, 1.165) is 5.56 Å². The van der Waals surface area contributed by atoms with Crippen LogP contribution in [0.1, 0.15) is 5.56 Å². The van der Waals surface area contributed by atoms with Crippen LogP contribution in [0.3, 0.4) is 0 Å². The number of hydrogen-bond acceptors (Lipinski definition) is 5. The summed E-state index contributed by atoms with van der Waals surface area (Å²) in [5, 5.41) is 3.87. The average Bonchev–Trinajstić information content (AvgIpc) is 2.53. The van der Waals surface area contributed by atoms with Crippen LogP contribution in [-0.4, -0.2) is 24.7 Å². The van der Waals surface area contributed by atoms with Crippen LogP contribution in [0.5, 0.6) is 0 Å². The van der Waals surface area contributed by atoms with Crippen molar-refractivity contribution in [2.24, 2.45) is 0 Å². The molecule has 0 fully saturated rings. The van der Waals surface area contributed by atoms with Crippen molar-refractivity contribution in [2.45, 2.75) is 6.92 Å². The lowest BCUT2D eigenvalue weighted by atomic mass is 10.4.